The van der Waals surface area contributed by atoms with Gasteiger partial charge in [0.15, 0.2) is 4.80 Å². The molecule has 0 aliphatic carbocycles. The maximum absolute atomic E-state index is 13.4. The van der Waals surface area contributed by atoms with Crippen molar-refractivity contribution < 1.29 is 9.13 Å². The zero-order valence-corrected chi connectivity index (χ0v) is 12.3. The average molecular weight is 301 g/mol. The van der Waals surface area contributed by atoms with Crippen LogP contribution in [0.4, 0.5) is 10.1 Å². The summed E-state index contributed by atoms with van der Waals surface area (Å²) in [6.07, 6.45) is 0. The molecule has 0 saturated heterocycles. The zero-order chi connectivity index (χ0) is 13.8. The largest absolute Gasteiger partial charge is 0.383 e. The molecule has 19 heavy (non-hydrogen) atoms. The van der Waals surface area contributed by atoms with Gasteiger partial charge in [0.2, 0.25) is 0 Å². The lowest BCUT2D eigenvalue weighted by molar-refractivity contribution is 0.186. The maximum atomic E-state index is 13.4. The summed E-state index contributed by atoms with van der Waals surface area (Å²) >= 11 is 7.17. The monoisotopic (exact) mass is 300 g/mol. The van der Waals surface area contributed by atoms with E-state index in [0.29, 0.717) is 12.3 Å². The molecule has 0 bridgehead atoms. The van der Waals surface area contributed by atoms with Gasteiger partial charge in [-0.2, -0.15) is 0 Å². The Balaban J connectivity index is 2.39. The van der Waals surface area contributed by atoms with E-state index in [0.717, 1.165) is 17.0 Å². The van der Waals surface area contributed by atoms with Gasteiger partial charge in [0, 0.05) is 30.8 Å². The summed E-state index contributed by atoms with van der Waals surface area (Å²) in [4.78, 5) is 5.26. The highest BCUT2D eigenvalue weighted by atomic mass is 35.5. The predicted octanol–water partition coefficient (Wildman–Crippen LogP) is 3.53. The molecule has 0 N–H and O–H groups in total. The Morgan fingerprint density at radius 3 is 2.95 bits per heavy atom. The van der Waals surface area contributed by atoms with Crippen LogP contribution in [0.25, 0.3) is 0 Å². The van der Waals surface area contributed by atoms with E-state index in [1.807, 2.05) is 16.9 Å². The minimum absolute atomic E-state index is 0.105. The molecule has 1 aromatic heterocycles. The van der Waals surface area contributed by atoms with Crippen LogP contribution in [0.15, 0.2) is 28.6 Å². The van der Waals surface area contributed by atoms with Crippen LogP contribution in [-0.2, 0) is 11.3 Å². The van der Waals surface area contributed by atoms with Crippen molar-refractivity contribution in [3.63, 3.8) is 0 Å². The van der Waals surface area contributed by atoms with E-state index in [1.165, 1.54) is 23.5 Å². The molecule has 0 aliphatic heterocycles. The molecular formula is C13H14ClFN2OS. The molecule has 0 atom stereocenters. The Morgan fingerprint density at radius 1 is 1.47 bits per heavy atom. The maximum Gasteiger partial charge on any atom is 0.190 e. The molecule has 3 nitrogen and oxygen atoms in total. The number of rotatable bonds is 4. The van der Waals surface area contributed by atoms with Gasteiger partial charge in [-0.15, -0.1) is 11.3 Å². The molecule has 1 heterocycles. The van der Waals surface area contributed by atoms with Gasteiger partial charge in [0.1, 0.15) is 5.82 Å². The van der Waals surface area contributed by atoms with Gasteiger partial charge in [-0.25, -0.2) is 9.38 Å². The van der Waals surface area contributed by atoms with Crippen LogP contribution in [0.1, 0.15) is 5.69 Å². The molecule has 0 spiro atoms. The average Bonchev–Trinajstić information content (AvgIpc) is 2.72. The highest BCUT2D eigenvalue weighted by molar-refractivity contribution is 7.07. The molecule has 0 fully saturated rings. The van der Waals surface area contributed by atoms with Gasteiger partial charge in [-0.3, -0.25) is 0 Å². The second-order valence-electron chi connectivity index (χ2n) is 4.01. The highest BCUT2D eigenvalue weighted by Gasteiger charge is 2.03. The Bertz CT molecular complexity index is 636. The first-order chi connectivity index (χ1) is 9.11. The fourth-order valence-electron chi connectivity index (χ4n) is 1.62. The van der Waals surface area contributed by atoms with Crippen LogP contribution in [0.3, 0.4) is 0 Å². The number of aryl methyl sites for hydroxylation is 1. The van der Waals surface area contributed by atoms with Crippen molar-refractivity contribution in [3.05, 3.63) is 44.9 Å². The van der Waals surface area contributed by atoms with Gasteiger partial charge >= 0.3 is 0 Å². The van der Waals surface area contributed by atoms with E-state index < -0.39 is 5.82 Å². The van der Waals surface area contributed by atoms with E-state index in [1.54, 1.807) is 13.2 Å². The minimum atomic E-state index is -0.459. The Morgan fingerprint density at radius 2 is 2.26 bits per heavy atom. The number of aromatic nitrogens is 1. The Kier molecular flexibility index (Phi) is 4.74. The lowest BCUT2D eigenvalue weighted by Crippen LogP contribution is -2.18. The van der Waals surface area contributed by atoms with E-state index in [2.05, 4.69) is 4.99 Å². The van der Waals surface area contributed by atoms with Crippen molar-refractivity contribution in [2.45, 2.75) is 13.5 Å². The van der Waals surface area contributed by atoms with Gasteiger partial charge in [-0.05, 0) is 19.1 Å². The zero-order valence-electron chi connectivity index (χ0n) is 10.7. The third kappa shape index (κ3) is 3.43. The second kappa shape index (κ2) is 6.32. The lowest BCUT2D eigenvalue weighted by atomic mass is 10.3. The summed E-state index contributed by atoms with van der Waals surface area (Å²) in [6.45, 7) is 3.34. The topological polar surface area (TPSA) is 26.5 Å². The molecule has 0 radical (unpaired) electrons. The van der Waals surface area contributed by atoms with Crippen molar-refractivity contribution in [3.8, 4) is 0 Å². The highest BCUT2D eigenvalue weighted by Crippen LogP contribution is 2.20. The molecule has 0 unspecified atom stereocenters. The van der Waals surface area contributed by atoms with Crippen molar-refractivity contribution in [1.29, 1.82) is 0 Å². The third-order valence-corrected chi connectivity index (χ3v) is 3.93. The molecule has 1 aromatic carbocycles. The van der Waals surface area contributed by atoms with E-state index >= 15 is 0 Å². The standard InChI is InChI=1S/C13H14ClFN2OS/c1-9-8-19-13(17(9)5-6-18-2)16-10-3-4-11(14)12(15)7-10/h3-4,7-8H,5-6H2,1-2H3. The molecule has 102 valence electrons. The quantitative estimate of drug-likeness (QED) is 0.848. The van der Waals surface area contributed by atoms with Crippen molar-refractivity contribution in [2.24, 2.45) is 4.99 Å². The van der Waals surface area contributed by atoms with Crippen molar-refractivity contribution in [1.82, 2.24) is 4.57 Å². The Labute approximate surface area is 119 Å². The van der Waals surface area contributed by atoms with Crippen molar-refractivity contribution >= 4 is 28.6 Å². The SMILES string of the molecule is COCCn1c(C)csc1=Nc1ccc(Cl)c(F)c1. The van der Waals surface area contributed by atoms with Crippen molar-refractivity contribution in [2.75, 3.05) is 13.7 Å². The van der Waals surface area contributed by atoms with Crippen LogP contribution >= 0.6 is 22.9 Å². The number of benzene rings is 1. The normalized spacial score (nSPS) is 12.1. The Hall–Kier alpha value is -1.17. The smallest absolute Gasteiger partial charge is 0.190 e. The first kappa shape index (κ1) is 14.2. The van der Waals surface area contributed by atoms with Gasteiger partial charge in [0.25, 0.3) is 0 Å². The number of methoxy groups -OCH3 is 1. The summed E-state index contributed by atoms with van der Waals surface area (Å²) in [5.74, 6) is -0.459. The molecule has 2 rings (SSSR count). The fraction of sp³-hybridized carbons (Fsp3) is 0.308. The summed E-state index contributed by atoms with van der Waals surface area (Å²) in [7, 11) is 1.66. The first-order valence-corrected chi connectivity index (χ1v) is 7.01. The molecule has 2 aromatic rings. The lowest BCUT2D eigenvalue weighted by Gasteiger charge is -2.04. The van der Waals surface area contributed by atoms with Gasteiger partial charge in [-0.1, -0.05) is 11.6 Å². The van der Waals surface area contributed by atoms with Crippen LogP contribution in [-0.4, -0.2) is 18.3 Å². The number of ether oxygens (including phenoxy) is 1. The number of nitrogens with zero attached hydrogens (tertiary/aromatic N) is 2. The summed E-state index contributed by atoms with van der Waals surface area (Å²) in [6, 6.07) is 4.54. The number of thiazole rings is 1. The molecule has 6 heteroatoms. The minimum Gasteiger partial charge on any atom is -0.383 e. The molecule has 0 saturated carbocycles. The summed E-state index contributed by atoms with van der Waals surface area (Å²) < 4.78 is 20.5. The molecular weight excluding hydrogens is 287 g/mol. The number of halogens is 2. The summed E-state index contributed by atoms with van der Waals surface area (Å²) in [5, 5.41) is 2.12. The van der Waals surface area contributed by atoms with Crippen LogP contribution in [0.5, 0.6) is 0 Å². The molecule has 0 amide bonds. The van der Waals surface area contributed by atoms with Crippen LogP contribution < -0.4 is 4.80 Å². The van der Waals surface area contributed by atoms with E-state index in [9.17, 15) is 4.39 Å². The van der Waals surface area contributed by atoms with Crippen LogP contribution in [0, 0.1) is 12.7 Å². The van der Waals surface area contributed by atoms with Crippen LogP contribution in [0.2, 0.25) is 5.02 Å². The summed E-state index contributed by atoms with van der Waals surface area (Å²) in [5.41, 5.74) is 1.66. The molecule has 0 aliphatic rings. The third-order valence-electron chi connectivity index (χ3n) is 2.64. The first-order valence-electron chi connectivity index (χ1n) is 5.75. The van der Waals surface area contributed by atoms with Gasteiger partial charge < -0.3 is 9.30 Å². The predicted molar refractivity (Wildman–Crippen MR) is 75.6 cm³/mol. The fourth-order valence-corrected chi connectivity index (χ4v) is 2.66. The van der Waals surface area contributed by atoms with E-state index in [4.69, 9.17) is 16.3 Å². The second-order valence-corrected chi connectivity index (χ2v) is 5.26. The van der Waals surface area contributed by atoms with E-state index in [-0.39, 0.29) is 5.02 Å². The number of hydrogen-bond donors (Lipinski definition) is 0. The number of hydrogen-bond acceptors (Lipinski definition) is 3. The van der Waals surface area contributed by atoms with Gasteiger partial charge in [0.05, 0.1) is 17.3 Å².